The van der Waals surface area contributed by atoms with E-state index < -0.39 is 0 Å². The van der Waals surface area contributed by atoms with Gasteiger partial charge in [0.1, 0.15) is 0 Å². The van der Waals surface area contributed by atoms with Gasteiger partial charge in [0.2, 0.25) is 0 Å². The summed E-state index contributed by atoms with van der Waals surface area (Å²) >= 11 is 0. The van der Waals surface area contributed by atoms with Gasteiger partial charge in [0, 0.05) is 61.5 Å². The lowest BCUT2D eigenvalue weighted by atomic mass is 9.33. The number of rotatable bonds is 9. The van der Waals surface area contributed by atoms with Crippen molar-refractivity contribution in [2.24, 2.45) is 0 Å². The van der Waals surface area contributed by atoms with Crippen LogP contribution in [0.5, 0.6) is 0 Å². The number of para-hydroxylation sites is 3. The molecule has 0 aliphatic carbocycles. The third kappa shape index (κ3) is 13.2. The Hall–Kier alpha value is -12.8. The Morgan fingerprint density at radius 1 is 0.205 bits per heavy atom. The topological polar surface area (TPSA) is 11.4 Å². The summed E-state index contributed by atoms with van der Waals surface area (Å²) in [4.78, 5) is 5.60. The fourth-order valence-electron chi connectivity index (χ4n) is 19.8. The maximum Gasteiger partial charge on any atom is 0.252 e. The quantitative estimate of drug-likeness (QED) is 0.105. The summed E-state index contributed by atoms with van der Waals surface area (Å²) in [5, 5.41) is 12.2. The van der Waals surface area contributed by atoms with Crippen LogP contribution in [0.4, 0.5) is 34.1 Å². The molecule has 2 aliphatic rings. The standard InChI is InChI=1S/C118H108BN3/c1-113(2,3)81-54-47-73(48-55-81)97-69-85(117(13,14)15)70-98(74-49-56-82(57-50-74)114(4,5)6)112(97)122-107-67-77(80-61-83(115(7,8)9)68-84(62-80)116(10,11)12)52-59-103(107)119-102-58-51-76(75-53-60-105-101(63-75)94-43-30-31-46-104(94)120(105)87-35-20-19-21-36-87)66-106(102)121(108-71-86(118(16,17)18)72-109(122)110(108)119)111-95(99-64-78-33-22-24-37-88(78)90-39-26-28-41-92(90)99)44-32-45-96(111)100-65-79-34-23-25-38-89(79)91-40-27-29-42-93(91)100/h19-72H,1-18H3. The predicted molar refractivity (Wildman–Crippen MR) is 530 cm³/mol. The van der Waals surface area contributed by atoms with Crippen LogP contribution in [0.2, 0.25) is 0 Å². The molecule has 2 aliphatic heterocycles. The molecule has 122 heavy (non-hydrogen) atoms. The molecule has 3 heterocycles. The normalized spacial score (nSPS) is 13.3. The molecule has 0 radical (unpaired) electrons. The van der Waals surface area contributed by atoms with Crippen molar-refractivity contribution in [3.8, 4) is 72.4 Å². The van der Waals surface area contributed by atoms with Crippen LogP contribution in [-0.2, 0) is 32.5 Å². The molecular weight excluding hydrogens is 1470 g/mol. The predicted octanol–water partition coefficient (Wildman–Crippen LogP) is 31.3. The molecule has 17 aromatic carbocycles. The second-order valence-electron chi connectivity index (χ2n) is 41.0. The third-order valence-electron chi connectivity index (χ3n) is 26.7. The first-order chi connectivity index (χ1) is 58.3. The highest BCUT2D eigenvalue weighted by molar-refractivity contribution is 7.00. The molecule has 18 aromatic rings. The van der Waals surface area contributed by atoms with E-state index in [1.54, 1.807) is 0 Å². The Bertz CT molecular complexity index is 7040. The number of hydrogen-bond acceptors (Lipinski definition) is 2. The summed E-state index contributed by atoms with van der Waals surface area (Å²) in [6, 6.07) is 128. The molecular formula is C118H108BN3. The van der Waals surface area contributed by atoms with Crippen LogP contribution in [0.3, 0.4) is 0 Å². The molecule has 1 aromatic heterocycles. The van der Waals surface area contributed by atoms with E-state index in [2.05, 4.69) is 467 Å². The first-order valence-electron chi connectivity index (χ1n) is 44.0. The van der Waals surface area contributed by atoms with E-state index in [1.807, 2.05) is 0 Å². The van der Waals surface area contributed by atoms with Crippen molar-refractivity contribution < 1.29 is 0 Å². The van der Waals surface area contributed by atoms with Gasteiger partial charge in [-0.3, -0.25) is 0 Å². The average Bonchev–Trinajstić information content (AvgIpc) is 1.28. The van der Waals surface area contributed by atoms with Gasteiger partial charge in [0.05, 0.1) is 22.4 Å². The van der Waals surface area contributed by atoms with Gasteiger partial charge < -0.3 is 14.4 Å². The zero-order valence-electron chi connectivity index (χ0n) is 74.1. The zero-order chi connectivity index (χ0) is 84.6. The summed E-state index contributed by atoms with van der Waals surface area (Å²) in [6.07, 6.45) is 0. The van der Waals surface area contributed by atoms with Crippen LogP contribution >= 0.6 is 0 Å². The molecule has 4 heteroatoms. The number of aromatic nitrogens is 1. The molecule has 598 valence electrons. The lowest BCUT2D eigenvalue weighted by Gasteiger charge is -2.46. The summed E-state index contributed by atoms with van der Waals surface area (Å²) in [5.41, 5.74) is 34.9. The lowest BCUT2D eigenvalue weighted by Crippen LogP contribution is -2.61. The van der Waals surface area contributed by atoms with Crippen LogP contribution in [0.25, 0.3) is 137 Å². The molecule has 0 spiro atoms. The number of fused-ring (bicyclic) bond motifs is 13. The van der Waals surface area contributed by atoms with Gasteiger partial charge in [-0.1, -0.05) is 373 Å². The van der Waals surface area contributed by atoms with Gasteiger partial charge in [-0.2, -0.15) is 0 Å². The van der Waals surface area contributed by atoms with Gasteiger partial charge in [-0.05, 0) is 249 Å². The van der Waals surface area contributed by atoms with E-state index in [-0.39, 0.29) is 39.2 Å². The van der Waals surface area contributed by atoms with Crippen LogP contribution in [-0.4, -0.2) is 11.3 Å². The second-order valence-corrected chi connectivity index (χ2v) is 41.0. The lowest BCUT2D eigenvalue weighted by molar-refractivity contribution is 0.569. The van der Waals surface area contributed by atoms with Crippen LogP contribution in [0, 0.1) is 0 Å². The summed E-state index contributed by atoms with van der Waals surface area (Å²) in [5.74, 6) is 0. The number of benzene rings is 17. The van der Waals surface area contributed by atoms with Gasteiger partial charge in [0.15, 0.2) is 0 Å². The van der Waals surface area contributed by atoms with E-state index in [9.17, 15) is 0 Å². The minimum atomic E-state index is -0.382. The van der Waals surface area contributed by atoms with E-state index in [1.165, 1.54) is 159 Å². The molecule has 0 saturated carbocycles. The van der Waals surface area contributed by atoms with Gasteiger partial charge in [-0.25, -0.2) is 0 Å². The first-order valence-corrected chi connectivity index (χ1v) is 44.0. The second kappa shape index (κ2) is 28.4. The van der Waals surface area contributed by atoms with Gasteiger partial charge in [-0.15, -0.1) is 0 Å². The Balaban J connectivity index is 0.974. The molecule has 0 bridgehead atoms. The molecule has 0 atom stereocenters. The highest BCUT2D eigenvalue weighted by atomic mass is 15.2. The minimum Gasteiger partial charge on any atom is -0.310 e. The third-order valence-corrected chi connectivity index (χ3v) is 26.7. The number of anilines is 6. The molecule has 20 rings (SSSR count). The largest absolute Gasteiger partial charge is 0.310 e. The summed E-state index contributed by atoms with van der Waals surface area (Å²) < 4.78 is 2.44. The molecule has 0 unspecified atom stereocenters. The Morgan fingerprint density at radius 3 is 1.03 bits per heavy atom. The van der Waals surface area contributed by atoms with Crippen LogP contribution in [0.1, 0.15) is 158 Å². The van der Waals surface area contributed by atoms with E-state index in [4.69, 9.17) is 0 Å². The van der Waals surface area contributed by atoms with Crippen molar-refractivity contribution in [2.75, 3.05) is 9.80 Å². The maximum atomic E-state index is 2.80. The van der Waals surface area contributed by atoms with Crippen molar-refractivity contribution in [3.63, 3.8) is 0 Å². The first kappa shape index (κ1) is 77.8. The summed E-state index contributed by atoms with van der Waals surface area (Å²) in [6.45, 7) is 42.4. The van der Waals surface area contributed by atoms with E-state index >= 15 is 0 Å². The van der Waals surface area contributed by atoms with Crippen LogP contribution < -0.4 is 26.2 Å². The van der Waals surface area contributed by atoms with Crippen LogP contribution in [0.15, 0.2) is 328 Å². The SMILES string of the molecule is CC(C)(C)c1ccc(-c2cc(C(C)(C)C)cc(-c3ccc(C(C)(C)C)cc3)c2N2c3cc(-c4cc(C(C)(C)C)cc(C(C)(C)C)c4)ccc3B3c4ccc(-c5ccc6c(c5)c5ccccc5n6-c5ccccc5)cc4N(c4c(-c5cc6ccccc6c6ccccc56)cccc4-c4cc5ccccc5c5ccccc45)c4cc(C(C)(C)C)cc2c43)cc1. The Labute approximate surface area is 722 Å². The smallest absolute Gasteiger partial charge is 0.252 e. The molecule has 0 amide bonds. The fraction of sp³-hybridized carbons (Fsp3) is 0.203. The number of nitrogens with zero attached hydrogens (tertiary/aromatic N) is 3. The fourth-order valence-corrected chi connectivity index (χ4v) is 19.8. The highest BCUT2D eigenvalue weighted by Gasteiger charge is 2.47. The highest BCUT2D eigenvalue weighted by Crippen LogP contribution is 2.57. The van der Waals surface area contributed by atoms with Gasteiger partial charge >= 0.3 is 0 Å². The molecule has 0 fully saturated rings. The van der Waals surface area contributed by atoms with Crippen molar-refractivity contribution in [2.45, 2.75) is 157 Å². The van der Waals surface area contributed by atoms with Crippen molar-refractivity contribution in [1.29, 1.82) is 0 Å². The maximum absolute atomic E-state index is 2.80. The Morgan fingerprint density at radius 2 is 0.566 bits per heavy atom. The van der Waals surface area contributed by atoms with Crippen molar-refractivity contribution in [1.82, 2.24) is 4.57 Å². The van der Waals surface area contributed by atoms with E-state index in [0.29, 0.717) is 0 Å². The monoisotopic (exact) mass is 1580 g/mol. The van der Waals surface area contributed by atoms with Gasteiger partial charge in [0.25, 0.3) is 6.71 Å². The molecule has 0 saturated heterocycles. The average molecular weight is 1580 g/mol. The molecule has 3 nitrogen and oxygen atoms in total. The Kier molecular flexibility index (Phi) is 18.1. The summed E-state index contributed by atoms with van der Waals surface area (Å²) in [7, 11) is 0. The van der Waals surface area contributed by atoms with Crippen molar-refractivity contribution in [3.05, 3.63) is 361 Å². The molecule has 0 N–H and O–H groups in total. The minimum absolute atomic E-state index is 0.0720. The van der Waals surface area contributed by atoms with E-state index in [0.717, 1.165) is 62.1 Å². The van der Waals surface area contributed by atoms with Crippen molar-refractivity contribution >= 4 is 122 Å². The number of hydrogen-bond donors (Lipinski definition) is 0. The zero-order valence-corrected chi connectivity index (χ0v) is 74.1.